The molecule has 0 unspecified atom stereocenters. The van der Waals surface area contributed by atoms with Crippen molar-refractivity contribution in [3.05, 3.63) is 59.5 Å². The van der Waals surface area contributed by atoms with Gasteiger partial charge in [-0.1, -0.05) is 0 Å². The molecule has 0 radical (unpaired) electrons. The van der Waals surface area contributed by atoms with Crippen LogP contribution in [0.2, 0.25) is 0 Å². The molecule has 1 atom stereocenters. The third-order valence-corrected chi connectivity index (χ3v) is 7.65. The second-order valence-electron chi connectivity index (χ2n) is 10.3. The SMILES string of the molecule is COc1ccc2ncc(N(C)C)c([C@H](F)CCC3(C(=O)O)CCN(CCOc4c(F)cc(F)cc4F)CC3)c2c1. The van der Waals surface area contributed by atoms with Crippen LogP contribution in [0.3, 0.4) is 0 Å². The molecular formula is C29H33F4N3O4. The molecule has 2 heterocycles. The fraction of sp³-hybridized carbons (Fsp3) is 0.448. The maximum atomic E-state index is 16.0. The van der Waals surface area contributed by atoms with Gasteiger partial charge in [0.2, 0.25) is 0 Å². The zero-order valence-corrected chi connectivity index (χ0v) is 22.7. The van der Waals surface area contributed by atoms with E-state index in [1.165, 1.54) is 7.11 Å². The Balaban J connectivity index is 1.41. The Morgan fingerprint density at radius 1 is 1.15 bits per heavy atom. The predicted molar refractivity (Wildman–Crippen MR) is 143 cm³/mol. The van der Waals surface area contributed by atoms with E-state index in [0.717, 1.165) is 0 Å². The summed E-state index contributed by atoms with van der Waals surface area (Å²) in [6, 6.07) is 6.36. The van der Waals surface area contributed by atoms with E-state index in [1.807, 2.05) is 4.90 Å². The predicted octanol–water partition coefficient (Wildman–Crippen LogP) is 5.76. The summed E-state index contributed by atoms with van der Waals surface area (Å²) < 4.78 is 67.2. The van der Waals surface area contributed by atoms with Gasteiger partial charge in [0.15, 0.2) is 17.4 Å². The number of anilines is 1. The molecule has 0 bridgehead atoms. The number of alkyl halides is 1. The van der Waals surface area contributed by atoms with Crippen molar-refractivity contribution in [2.45, 2.75) is 31.9 Å². The van der Waals surface area contributed by atoms with Gasteiger partial charge in [0.1, 0.15) is 24.3 Å². The number of carboxylic acids is 1. The first-order valence-corrected chi connectivity index (χ1v) is 13.1. The van der Waals surface area contributed by atoms with Crippen molar-refractivity contribution in [1.29, 1.82) is 0 Å². The van der Waals surface area contributed by atoms with Gasteiger partial charge in [-0.2, -0.15) is 0 Å². The molecule has 1 N–H and O–H groups in total. The number of nitrogens with zero attached hydrogens (tertiary/aromatic N) is 3. The molecule has 0 spiro atoms. The van der Waals surface area contributed by atoms with Gasteiger partial charge in [0.05, 0.1) is 29.9 Å². The number of piperidine rings is 1. The Morgan fingerprint density at radius 2 is 1.82 bits per heavy atom. The summed E-state index contributed by atoms with van der Waals surface area (Å²) >= 11 is 0. The third kappa shape index (κ3) is 6.24. The summed E-state index contributed by atoms with van der Waals surface area (Å²) in [5.41, 5.74) is 0.578. The van der Waals surface area contributed by atoms with Crippen LogP contribution in [-0.2, 0) is 4.79 Å². The third-order valence-electron chi connectivity index (χ3n) is 7.65. The highest BCUT2D eigenvalue weighted by Crippen LogP contribution is 2.43. The minimum absolute atomic E-state index is 0.00962. The van der Waals surface area contributed by atoms with Crippen molar-refractivity contribution < 1.29 is 36.9 Å². The number of aromatic nitrogens is 1. The molecule has 1 aliphatic heterocycles. The van der Waals surface area contributed by atoms with Crippen LogP contribution >= 0.6 is 0 Å². The van der Waals surface area contributed by atoms with Gasteiger partial charge >= 0.3 is 5.97 Å². The average Bonchev–Trinajstić information content (AvgIpc) is 2.92. The molecule has 2 aromatic carbocycles. The van der Waals surface area contributed by atoms with Crippen LogP contribution in [-0.4, -0.2) is 68.4 Å². The van der Waals surface area contributed by atoms with Crippen LogP contribution in [0.15, 0.2) is 36.5 Å². The fourth-order valence-corrected chi connectivity index (χ4v) is 5.26. The molecule has 1 fully saturated rings. The minimum atomic E-state index is -1.43. The number of rotatable bonds is 11. The molecule has 3 aromatic rings. The quantitative estimate of drug-likeness (QED) is 0.297. The number of likely N-dealkylation sites (tertiary alicyclic amines) is 1. The lowest BCUT2D eigenvalue weighted by Crippen LogP contribution is -2.45. The van der Waals surface area contributed by atoms with Gasteiger partial charge in [-0.15, -0.1) is 0 Å². The lowest BCUT2D eigenvalue weighted by molar-refractivity contribution is -0.153. The smallest absolute Gasteiger partial charge is 0.309 e. The van der Waals surface area contributed by atoms with Gasteiger partial charge in [-0.05, 0) is 57.0 Å². The van der Waals surface area contributed by atoms with Crippen molar-refractivity contribution >= 4 is 22.6 Å². The Kier molecular flexibility index (Phi) is 9.02. The minimum Gasteiger partial charge on any atom is -0.497 e. The van der Waals surface area contributed by atoms with E-state index in [1.54, 1.807) is 43.4 Å². The average molecular weight is 564 g/mol. The number of pyridine rings is 1. The van der Waals surface area contributed by atoms with Gasteiger partial charge < -0.3 is 19.5 Å². The summed E-state index contributed by atoms with van der Waals surface area (Å²) in [6.07, 6.45) is 0.919. The molecule has 7 nitrogen and oxygen atoms in total. The number of carboxylic acid groups (broad SMARTS) is 1. The van der Waals surface area contributed by atoms with Crippen LogP contribution in [0, 0.1) is 22.9 Å². The van der Waals surface area contributed by atoms with Gasteiger partial charge in [-0.3, -0.25) is 14.7 Å². The summed E-state index contributed by atoms with van der Waals surface area (Å²) in [7, 11) is 5.14. The summed E-state index contributed by atoms with van der Waals surface area (Å²) in [6.45, 7) is 1.05. The van der Waals surface area contributed by atoms with E-state index < -0.39 is 40.8 Å². The molecule has 40 heavy (non-hydrogen) atoms. The first kappa shape index (κ1) is 29.4. The number of benzene rings is 2. The standard InChI is InChI=1S/C29H33F4N3O4/c1-35(2)25-17-34-24-5-4-19(39-3)16-20(24)26(25)21(31)6-7-29(28(37)38)8-10-36(11-9-29)12-13-40-27-22(32)14-18(30)15-23(27)33/h4-5,14-17,21H,6-13H2,1-3H3,(H,37,38)/t21-/m1/s1. The summed E-state index contributed by atoms with van der Waals surface area (Å²) in [5, 5.41) is 10.8. The number of methoxy groups -OCH3 is 1. The first-order valence-electron chi connectivity index (χ1n) is 13.1. The van der Waals surface area contributed by atoms with Crippen molar-refractivity contribution in [1.82, 2.24) is 9.88 Å². The lowest BCUT2D eigenvalue weighted by Gasteiger charge is -2.39. The van der Waals surface area contributed by atoms with Crippen LogP contribution in [0.5, 0.6) is 11.5 Å². The molecule has 4 rings (SSSR count). The molecule has 0 aliphatic carbocycles. The highest BCUT2D eigenvalue weighted by Gasteiger charge is 2.42. The van der Waals surface area contributed by atoms with Gasteiger partial charge in [0, 0.05) is 43.7 Å². The van der Waals surface area contributed by atoms with E-state index in [9.17, 15) is 23.1 Å². The molecule has 1 aliphatic rings. The Bertz CT molecular complexity index is 1340. The van der Waals surface area contributed by atoms with E-state index in [2.05, 4.69) is 4.98 Å². The Morgan fingerprint density at radius 3 is 2.42 bits per heavy atom. The Hall–Kier alpha value is -3.60. The summed E-state index contributed by atoms with van der Waals surface area (Å²) in [4.78, 5) is 20.6. The fourth-order valence-electron chi connectivity index (χ4n) is 5.26. The zero-order valence-electron chi connectivity index (χ0n) is 22.7. The molecule has 1 aromatic heterocycles. The number of ether oxygens (including phenoxy) is 2. The monoisotopic (exact) mass is 563 g/mol. The second kappa shape index (κ2) is 12.3. The number of aliphatic carboxylic acids is 1. The maximum absolute atomic E-state index is 16.0. The number of halogens is 4. The normalized spacial score (nSPS) is 16.1. The number of fused-ring (bicyclic) bond motifs is 1. The van der Waals surface area contributed by atoms with E-state index in [0.29, 0.717) is 72.5 Å². The zero-order chi connectivity index (χ0) is 29.0. The maximum Gasteiger partial charge on any atom is 0.309 e. The highest BCUT2D eigenvalue weighted by atomic mass is 19.1. The first-order chi connectivity index (χ1) is 19.0. The molecule has 0 saturated carbocycles. The second-order valence-corrected chi connectivity index (χ2v) is 10.3. The van der Waals surface area contributed by atoms with E-state index >= 15 is 4.39 Å². The van der Waals surface area contributed by atoms with Gasteiger partial charge in [-0.25, -0.2) is 17.6 Å². The number of carbonyl (C=O) groups is 1. The van der Waals surface area contributed by atoms with Crippen LogP contribution in [0.25, 0.3) is 10.9 Å². The highest BCUT2D eigenvalue weighted by molar-refractivity contribution is 5.88. The van der Waals surface area contributed by atoms with Crippen molar-refractivity contribution in [3.8, 4) is 11.5 Å². The molecule has 216 valence electrons. The molecule has 11 heteroatoms. The lowest BCUT2D eigenvalue weighted by atomic mass is 9.74. The van der Waals surface area contributed by atoms with E-state index in [-0.39, 0.29) is 19.4 Å². The van der Waals surface area contributed by atoms with E-state index in [4.69, 9.17) is 9.47 Å². The summed E-state index contributed by atoms with van der Waals surface area (Å²) in [5.74, 6) is -4.33. The van der Waals surface area contributed by atoms with Gasteiger partial charge in [0.25, 0.3) is 0 Å². The van der Waals surface area contributed by atoms with Crippen molar-refractivity contribution in [2.75, 3.05) is 52.3 Å². The van der Waals surface area contributed by atoms with Crippen molar-refractivity contribution in [3.63, 3.8) is 0 Å². The molecular weight excluding hydrogens is 530 g/mol. The molecule has 0 amide bonds. The molecule has 1 saturated heterocycles. The van der Waals surface area contributed by atoms with Crippen LogP contribution in [0.4, 0.5) is 23.2 Å². The van der Waals surface area contributed by atoms with Crippen LogP contribution in [0.1, 0.15) is 37.4 Å². The Labute approximate surface area is 230 Å². The largest absolute Gasteiger partial charge is 0.497 e. The van der Waals surface area contributed by atoms with Crippen molar-refractivity contribution in [2.24, 2.45) is 5.41 Å². The number of hydrogen-bond donors (Lipinski definition) is 1. The topological polar surface area (TPSA) is 75.1 Å². The van der Waals surface area contributed by atoms with Crippen LogP contribution < -0.4 is 14.4 Å². The number of hydrogen-bond acceptors (Lipinski definition) is 6.